The summed E-state index contributed by atoms with van der Waals surface area (Å²) in [6, 6.07) is 0. The van der Waals surface area contributed by atoms with E-state index in [1.165, 1.54) is 0 Å². The lowest BCUT2D eigenvalue weighted by Crippen LogP contribution is -1.96. The Kier molecular flexibility index (Phi) is 2.59. The molecule has 0 aromatic rings. The molecule has 35 valence electrons. The minimum atomic E-state index is -1.02. The molecule has 0 fully saturated rings. The van der Waals surface area contributed by atoms with Gasteiger partial charge in [-0.15, -0.1) is 0 Å². The second-order valence-electron chi connectivity index (χ2n) is 0.617. The fraction of sp³-hybridized carbons (Fsp3) is 0. The molecule has 0 aromatic carbocycles. The third-order valence-corrected chi connectivity index (χ3v) is 0.252. The summed E-state index contributed by atoms with van der Waals surface area (Å²) in [4.78, 5) is 18.8. The van der Waals surface area contributed by atoms with E-state index in [4.69, 9.17) is 4.79 Å². The van der Waals surface area contributed by atoms with Gasteiger partial charge in [0, 0.05) is 0 Å². The molecule has 0 aliphatic carbocycles. The second kappa shape index (κ2) is 3.08. The zero-order valence-electron chi connectivity index (χ0n) is 3.30. The SMILES string of the molecule is [CH]=[C]C(=O)O[C]=O. The molecule has 0 saturated heterocycles. The van der Waals surface area contributed by atoms with Crippen molar-refractivity contribution in [1.29, 1.82) is 0 Å². The predicted octanol–water partition coefficient (Wildman–Crippen LogP) is -0.611. The van der Waals surface area contributed by atoms with Crippen LogP contribution in [0.4, 0.5) is 0 Å². The van der Waals surface area contributed by atoms with E-state index in [9.17, 15) is 4.79 Å². The maximum absolute atomic E-state index is 9.69. The van der Waals surface area contributed by atoms with Crippen LogP contribution < -0.4 is 0 Å². The molecule has 0 aliphatic heterocycles. The van der Waals surface area contributed by atoms with Crippen molar-refractivity contribution in [3.05, 3.63) is 12.7 Å². The van der Waals surface area contributed by atoms with Crippen molar-refractivity contribution in [1.82, 2.24) is 0 Å². The first-order valence-corrected chi connectivity index (χ1v) is 1.36. The van der Waals surface area contributed by atoms with E-state index in [-0.39, 0.29) is 0 Å². The van der Waals surface area contributed by atoms with Gasteiger partial charge in [0.1, 0.15) is 0 Å². The van der Waals surface area contributed by atoms with E-state index >= 15 is 0 Å². The molecule has 0 bridgehead atoms. The molecule has 0 atom stereocenters. The molecule has 0 unspecified atom stereocenters. The Bertz CT molecular complexity index is 95.1. The van der Waals surface area contributed by atoms with Crippen LogP contribution in [0.25, 0.3) is 0 Å². The van der Waals surface area contributed by atoms with E-state index in [0.717, 1.165) is 6.47 Å². The molecule has 0 spiro atoms. The number of ether oxygens (including phenoxy) is 1. The summed E-state index contributed by atoms with van der Waals surface area (Å²) < 4.78 is 3.51. The van der Waals surface area contributed by atoms with Crippen molar-refractivity contribution in [3.63, 3.8) is 0 Å². The van der Waals surface area contributed by atoms with Crippen LogP contribution in [0.5, 0.6) is 0 Å². The quantitative estimate of drug-likeness (QED) is 0.262. The highest BCUT2D eigenvalue weighted by Crippen LogP contribution is 1.67. The molecular formula is C4HO3. The number of rotatable bonds is 2. The Hall–Kier alpha value is -1.12. The standard InChI is InChI=1S/C4HO3/c1-2-4(6)7-3-5/h1H. The van der Waals surface area contributed by atoms with E-state index in [1.54, 1.807) is 6.08 Å². The average Bonchev–Trinajstić information content (AvgIpc) is 1.68. The molecule has 3 heteroatoms. The fourth-order valence-electron chi connectivity index (χ4n) is 0.0673. The summed E-state index contributed by atoms with van der Waals surface area (Å²) in [5, 5.41) is 0. The smallest absolute Gasteiger partial charge is 0.381 e. The normalized spacial score (nSPS) is 6.86. The first-order valence-electron chi connectivity index (χ1n) is 1.36. The summed E-state index contributed by atoms with van der Waals surface area (Å²) in [6.45, 7) is 5.33. The van der Waals surface area contributed by atoms with Gasteiger partial charge >= 0.3 is 12.4 Å². The van der Waals surface area contributed by atoms with Gasteiger partial charge < -0.3 is 4.74 Å². The van der Waals surface area contributed by atoms with Crippen LogP contribution in [-0.2, 0) is 14.3 Å². The Morgan fingerprint density at radius 1 is 1.71 bits per heavy atom. The van der Waals surface area contributed by atoms with Crippen LogP contribution >= 0.6 is 0 Å². The van der Waals surface area contributed by atoms with Gasteiger partial charge in [-0.05, 0) is 6.58 Å². The summed E-state index contributed by atoms with van der Waals surface area (Å²) in [7, 11) is 0. The van der Waals surface area contributed by atoms with Crippen LogP contribution in [0.2, 0.25) is 0 Å². The average molecular weight is 97.0 g/mol. The lowest BCUT2D eigenvalue weighted by molar-refractivity contribution is -0.130. The third-order valence-electron chi connectivity index (χ3n) is 0.252. The first-order chi connectivity index (χ1) is 3.31. The molecule has 0 N–H and O–H groups in total. The van der Waals surface area contributed by atoms with E-state index in [2.05, 4.69) is 11.3 Å². The van der Waals surface area contributed by atoms with Crippen LogP contribution in [0.3, 0.4) is 0 Å². The van der Waals surface area contributed by atoms with Gasteiger partial charge in [0.25, 0.3) is 0 Å². The molecule has 0 aromatic heterocycles. The summed E-state index contributed by atoms with van der Waals surface area (Å²) in [5.74, 6) is -1.02. The highest BCUT2D eigenvalue weighted by molar-refractivity contribution is 5.82. The minimum Gasteiger partial charge on any atom is -0.381 e. The maximum Gasteiger partial charge on any atom is 0.425 e. The molecular weight excluding hydrogens is 96.0 g/mol. The Morgan fingerprint density at radius 2 is 2.29 bits per heavy atom. The third kappa shape index (κ3) is 2.69. The summed E-state index contributed by atoms with van der Waals surface area (Å²) in [6.07, 6.45) is 1.54. The van der Waals surface area contributed by atoms with Gasteiger partial charge in [0.15, 0.2) is 0 Å². The van der Waals surface area contributed by atoms with E-state index in [1.807, 2.05) is 0 Å². The van der Waals surface area contributed by atoms with Crippen molar-refractivity contribution in [2.75, 3.05) is 0 Å². The maximum atomic E-state index is 9.69. The van der Waals surface area contributed by atoms with E-state index < -0.39 is 5.97 Å². The van der Waals surface area contributed by atoms with Gasteiger partial charge in [-0.25, -0.2) is 9.59 Å². The monoisotopic (exact) mass is 97.0 g/mol. The molecule has 7 heavy (non-hydrogen) atoms. The van der Waals surface area contributed by atoms with Gasteiger partial charge in [-0.2, -0.15) is 0 Å². The zero-order valence-corrected chi connectivity index (χ0v) is 3.30. The zero-order chi connectivity index (χ0) is 5.70. The molecule has 0 aliphatic rings. The van der Waals surface area contributed by atoms with Crippen LogP contribution in [0, 0.1) is 12.7 Å². The molecule has 0 heterocycles. The topological polar surface area (TPSA) is 43.4 Å². The Labute approximate surface area is 40.6 Å². The van der Waals surface area contributed by atoms with E-state index in [0.29, 0.717) is 0 Å². The van der Waals surface area contributed by atoms with Crippen molar-refractivity contribution in [2.45, 2.75) is 0 Å². The molecule has 3 radical (unpaired) electrons. The van der Waals surface area contributed by atoms with Gasteiger partial charge in [-0.1, -0.05) is 0 Å². The fourth-order valence-corrected chi connectivity index (χ4v) is 0.0673. The number of hydrogen-bond acceptors (Lipinski definition) is 3. The molecule has 0 saturated carbocycles. The number of carbonyl (C=O) groups is 1. The van der Waals surface area contributed by atoms with Crippen molar-refractivity contribution in [3.8, 4) is 0 Å². The van der Waals surface area contributed by atoms with Crippen LogP contribution in [0.15, 0.2) is 0 Å². The predicted molar refractivity (Wildman–Crippen MR) is 19.3 cm³/mol. The number of hydrogen-bond donors (Lipinski definition) is 0. The lowest BCUT2D eigenvalue weighted by atomic mass is 10.7. The van der Waals surface area contributed by atoms with Crippen molar-refractivity contribution >= 4 is 12.4 Å². The largest absolute Gasteiger partial charge is 0.425 e. The summed E-state index contributed by atoms with van der Waals surface area (Å²) in [5.41, 5.74) is 0. The molecule has 3 nitrogen and oxygen atoms in total. The Balaban J connectivity index is 3.36. The Morgan fingerprint density at radius 3 is 2.43 bits per heavy atom. The number of esters is 1. The lowest BCUT2D eigenvalue weighted by Gasteiger charge is -1.78. The van der Waals surface area contributed by atoms with Crippen molar-refractivity contribution in [2.24, 2.45) is 0 Å². The van der Waals surface area contributed by atoms with Crippen LogP contribution in [0.1, 0.15) is 0 Å². The molecule has 0 amide bonds. The highest BCUT2D eigenvalue weighted by atomic mass is 16.6. The van der Waals surface area contributed by atoms with Gasteiger partial charge in [-0.3, -0.25) is 0 Å². The number of carbonyl (C=O) groups excluding carboxylic acids is 2. The van der Waals surface area contributed by atoms with Crippen LogP contribution in [-0.4, -0.2) is 12.4 Å². The van der Waals surface area contributed by atoms with Gasteiger partial charge in [0.2, 0.25) is 0 Å². The summed E-state index contributed by atoms with van der Waals surface area (Å²) >= 11 is 0. The van der Waals surface area contributed by atoms with Crippen molar-refractivity contribution < 1.29 is 14.3 Å². The molecule has 0 rings (SSSR count). The highest BCUT2D eigenvalue weighted by Gasteiger charge is 1.90. The first kappa shape index (κ1) is 5.88. The van der Waals surface area contributed by atoms with Gasteiger partial charge in [0.05, 0.1) is 6.08 Å². The minimum absolute atomic E-state index is 0.876. The second-order valence-corrected chi connectivity index (χ2v) is 0.617.